The van der Waals surface area contributed by atoms with E-state index in [1.54, 1.807) is 23.6 Å². The standard InChI is InChI=1S/C28H23Cl2N5O2S/c29-25-8-6-21(7-9-25)22-4-1-5-23(15-22)24-18-33-35(19-24)28(32-17-20-3-2-14-31-16-20)34-38(36,37)27-12-10-26(30)11-13-27/h1-16,18,24H,17,19H2,(H,32,34). The van der Waals surface area contributed by atoms with Gasteiger partial charge in [-0.3, -0.25) is 4.98 Å². The minimum Gasteiger partial charge on any atom is -0.350 e. The molecule has 0 aliphatic carbocycles. The van der Waals surface area contributed by atoms with E-state index in [4.69, 9.17) is 23.2 Å². The molecule has 1 unspecified atom stereocenters. The minimum atomic E-state index is -4.02. The monoisotopic (exact) mass is 563 g/mol. The number of sulfonamides is 1. The lowest BCUT2D eigenvalue weighted by Gasteiger charge is -2.20. The number of rotatable bonds is 6. The van der Waals surface area contributed by atoms with E-state index in [9.17, 15) is 8.42 Å². The van der Waals surface area contributed by atoms with E-state index in [0.717, 1.165) is 22.3 Å². The van der Waals surface area contributed by atoms with E-state index in [0.29, 0.717) is 23.1 Å². The lowest BCUT2D eigenvalue weighted by Crippen LogP contribution is -2.38. The zero-order chi connectivity index (χ0) is 26.5. The topological polar surface area (TPSA) is 87.0 Å². The van der Waals surface area contributed by atoms with E-state index in [2.05, 4.69) is 25.9 Å². The summed E-state index contributed by atoms with van der Waals surface area (Å²) in [5.41, 5.74) is 4.03. The first-order chi connectivity index (χ1) is 18.4. The molecular weight excluding hydrogens is 541 g/mol. The maximum atomic E-state index is 13.1. The second-order valence-corrected chi connectivity index (χ2v) is 11.1. The van der Waals surface area contributed by atoms with Gasteiger partial charge in [-0.25, -0.2) is 5.01 Å². The maximum Gasteiger partial charge on any atom is 0.285 e. The molecule has 0 saturated carbocycles. The number of halogens is 2. The number of hydrogen-bond acceptors (Lipinski definition) is 4. The van der Waals surface area contributed by atoms with Gasteiger partial charge in [0.15, 0.2) is 0 Å². The quantitative estimate of drug-likeness (QED) is 0.230. The van der Waals surface area contributed by atoms with Crippen LogP contribution in [0.15, 0.2) is 112 Å². The number of hydrazone groups is 1. The van der Waals surface area contributed by atoms with E-state index in [-0.39, 0.29) is 16.8 Å². The molecule has 0 spiro atoms. The predicted octanol–water partition coefficient (Wildman–Crippen LogP) is 5.98. The number of pyridine rings is 1. The molecular formula is C28H23Cl2N5O2S. The highest BCUT2D eigenvalue weighted by Crippen LogP contribution is 2.27. The smallest absolute Gasteiger partial charge is 0.285 e. The molecule has 1 aliphatic heterocycles. The fraction of sp³-hybridized carbons (Fsp3) is 0.107. The summed E-state index contributed by atoms with van der Waals surface area (Å²) in [5.74, 6) is 0.0577. The highest BCUT2D eigenvalue weighted by atomic mass is 35.5. The first-order valence-electron chi connectivity index (χ1n) is 11.8. The molecule has 0 amide bonds. The third kappa shape index (κ3) is 6.22. The molecule has 1 aliphatic rings. The Labute approximate surface area is 231 Å². The number of benzene rings is 3. The first-order valence-corrected chi connectivity index (χ1v) is 14.0. The van der Waals surface area contributed by atoms with Crippen LogP contribution in [0.2, 0.25) is 10.0 Å². The fourth-order valence-electron chi connectivity index (χ4n) is 3.99. The Morgan fingerprint density at radius 1 is 0.947 bits per heavy atom. The van der Waals surface area contributed by atoms with Crippen molar-refractivity contribution in [2.75, 3.05) is 6.54 Å². The van der Waals surface area contributed by atoms with Crippen molar-refractivity contribution in [3.05, 3.63) is 118 Å². The molecule has 0 bridgehead atoms. The Hall–Kier alpha value is -3.72. The lowest BCUT2D eigenvalue weighted by atomic mass is 9.96. The summed E-state index contributed by atoms with van der Waals surface area (Å²) in [5, 5.41) is 10.3. The van der Waals surface area contributed by atoms with Crippen LogP contribution >= 0.6 is 23.2 Å². The van der Waals surface area contributed by atoms with Crippen molar-refractivity contribution in [2.24, 2.45) is 9.50 Å². The highest BCUT2D eigenvalue weighted by molar-refractivity contribution is 7.90. The van der Waals surface area contributed by atoms with E-state index in [1.807, 2.05) is 54.6 Å². The zero-order valence-corrected chi connectivity index (χ0v) is 22.4. The molecule has 4 aromatic rings. The van der Waals surface area contributed by atoms with Gasteiger partial charge in [-0.05, 0) is 64.7 Å². The molecule has 38 heavy (non-hydrogen) atoms. The molecule has 5 rings (SSSR count). The molecule has 1 aromatic heterocycles. The van der Waals surface area contributed by atoms with Gasteiger partial charge in [0.1, 0.15) is 0 Å². The molecule has 3 aromatic carbocycles. The summed E-state index contributed by atoms with van der Waals surface area (Å²) in [4.78, 5) is 4.16. The second-order valence-electron chi connectivity index (χ2n) is 8.64. The predicted molar refractivity (Wildman–Crippen MR) is 152 cm³/mol. The van der Waals surface area contributed by atoms with E-state index >= 15 is 0 Å². The largest absolute Gasteiger partial charge is 0.350 e. The van der Waals surface area contributed by atoms with Crippen LogP contribution in [0.1, 0.15) is 17.0 Å². The number of hydrogen-bond donors (Lipinski definition) is 1. The number of guanidine groups is 1. The Kier molecular flexibility index (Phi) is 7.74. The van der Waals surface area contributed by atoms with Gasteiger partial charge in [0.05, 0.1) is 11.4 Å². The van der Waals surface area contributed by atoms with Crippen LogP contribution < -0.4 is 5.32 Å². The molecule has 1 N–H and O–H groups in total. The molecule has 1 atom stereocenters. The number of nitrogens with zero attached hydrogens (tertiary/aromatic N) is 4. The fourth-order valence-corrected chi connectivity index (χ4v) is 5.22. The Bertz CT molecular complexity index is 1580. The summed E-state index contributed by atoms with van der Waals surface area (Å²) in [6.07, 6.45) is 5.19. The van der Waals surface area contributed by atoms with Gasteiger partial charge in [0, 0.05) is 41.1 Å². The summed E-state index contributed by atoms with van der Waals surface area (Å²) in [6.45, 7) is 0.741. The zero-order valence-electron chi connectivity index (χ0n) is 20.1. The van der Waals surface area contributed by atoms with Crippen molar-refractivity contribution in [3.63, 3.8) is 0 Å². The third-order valence-electron chi connectivity index (χ3n) is 5.98. The molecule has 192 valence electrons. The van der Waals surface area contributed by atoms with Crippen LogP contribution in [-0.2, 0) is 16.6 Å². The molecule has 10 heteroatoms. The summed E-state index contributed by atoms with van der Waals surface area (Å²) in [7, 11) is -4.02. The van der Waals surface area contributed by atoms with Crippen molar-refractivity contribution < 1.29 is 8.42 Å². The van der Waals surface area contributed by atoms with E-state index < -0.39 is 10.0 Å². The molecule has 0 fully saturated rings. The second kappa shape index (κ2) is 11.3. The van der Waals surface area contributed by atoms with Gasteiger partial charge in [0.25, 0.3) is 10.0 Å². The molecule has 0 radical (unpaired) electrons. The van der Waals surface area contributed by atoms with Crippen LogP contribution in [0.25, 0.3) is 11.1 Å². The van der Waals surface area contributed by atoms with E-state index in [1.165, 1.54) is 24.3 Å². The SMILES string of the molecule is O=S(=O)(N=C(NCc1cccnc1)N1CC(c2cccc(-c3ccc(Cl)cc3)c2)C=N1)c1ccc(Cl)cc1. The Morgan fingerprint density at radius 3 is 2.39 bits per heavy atom. The van der Waals surface area contributed by atoms with Crippen LogP contribution in [0.3, 0.4) is 0 Å². The summed E-state index contributed by atoms with van der Waals surface area (Å²) in [6, 6.07) is 25.5. The van der Waals surface area contributed by atoms with Crippen LogP contribution in [-0.4, -0.2) is 37.1 Å². The van der Waals surface area contributed by atoms with Gasteiger partial charge in [0.2, 0.25) is 5.96 Å². The van der Waals surface area contributed by atoms with Crippen molar-refractivity contribution in [1.82, 2.24) is 15.3 Å². The van der Waals surface area contributed by atoms with Crippen molar-refractivity contribution in [1.29, 1.82) is 0 Å². The van der Waals surface area contributed by atoms with Gasteiger partial charge >= 0.3 is 0 Å². The summed E-state index contributed by atoms with van der Waals surface area (Å²) >= 11 is 12.0. The highest BCUT2D eigenvalue weighted by Gasteiger charge is 2.26. The van der Waals surface area contributed by atoms with Crippen molar-refractivity contribution >= 4 is 45.4 Å². The van der Waals surface area contributed by atoms with Gasteiger partial charge in [-0.15, -0.1) is 4.40 Å². The maximum absolute atomic E-state index is 13.1. The Balaban J connectivity index is 1.40. The summed E-state index contributed by atoms with van der Waals surface area (Å²) < 4.78 is 30.4. The molecule has 2 heterocycles. The van der Waals surface area contributed by atoms with Crippen LogP contribution in [0.5, 0.6) is 0 Å². The van der Waals surface area contributed by atoms with Crippen LogP contribution in [0, 0.1) is 0 Å². The van der Waals surface area contributed by atoms with Crippen LogP contribution in [0.4, 0.5) is 0 Å². The average Bonchev–Trinajstić information content (AvgIpc) is 3.43. The Morgan fingerprint density at radius 2 is 1.68 bits per heavy atom. The molecule has 0 saturated heterocycles. The number of nitrogens with one attached hydrogen (secondary N) is 1. The third-order valence-corrected chi connectivity index (χ3v) is 7.77. The normalized spacial score (nSPS) is 15.6. The van der Waals surface area contributed by atoms with Gasteiger partial charge in [-0.2, -0.15) is 13.5 Å². The van der Waals surface area contributed by atoms with Crippen molar-refractivity contribution in [2.45, 2.75) is 17.4 Å². The van der Waals surface area contributed by atoms with Gasteiger partial charge < -0.3 is 5.32 Å². The lowest BCUT2D eigenvalue weighted by molar-refractivity contribution is 0.455. The number of aromatic nitrogens is 1. The van der Waals surface area contributed by atoms with Gasteiger partial charge in [-0.1, -0.05) is 65.7 Å². The average molecular weight is 564 g/mol. The first kappa shape index (κ1) is 25.9. The van der Waals surface area contributed by atoms with Crippen molar-refractivity contribution in [3.8, 4) is 11.1 Å². The molecule has 7 nitrogen and oxygen atoms in total. The minimum absolute atomic E-state index is 0.0398.